The number of alkyl halides is 3. The summed E-state index contributed by atoms with van der Waals surface area (Å²) in [5.74, 6) is -5.36. The number of halogens is 3. The third-order valence-electron chi connectivity index (χ3n) is 1.73. The summed E-state index contributed by atoms with van der Waals surface area (Å²) in [6, 6.07) is 0.377. The van der Waals surface area contributed by atoms with Gasteiger partial charge in [-0.3, -0.25) is 0 Å². The van der Waals surface area contributed by atoms with E-state index >= 15 is 0 Å². The first-order valence-corrected chi connectivity index (χ1v) is 4.38. The van der Waals surface area contributed by atoms with Crippen molar-refractivity contribution in [1.29, 1.82) is 0 Å². The zero-order valence-corrected chi connectivity index (χ0v) is 9.09. The minimum absolute atomic E-state index is 0.377. The molecule has 1 rings (SSSR count). The van der Waals surface area contributed by atoms with E-state index in [0.717, 1.165) is 7.11 Å². The van der Waals surface area contributed by atoms with Crippen LogP contribution in [0.3, 0.4) is 0 Å². The Kier molecular flexibility index (Phi) is 3.77. The Bertz CT molecular complexity index is 530. The molecule has 0 spiro atoms. The molecular formula is C8H5F3N2O6. The number of carbonyl (C=O) groups excluding carboxylic acids is 1. The molecule has 0 atom stereocenters. The van der Waals surface area contributed by atoms with E-state index in [1.165, 1.54) is 0 Å². The van der Waals surface area contributed by atoms with E-state index in [4.69, 9.17) is 0 Å². The van der Waals surface area contributed by atoms with E-state index in [0.29, 0.717) is 6.07 Å². The number of esters is 1. The van der Waals surface area contributed by atoms with E-state index in [1.807, 2.05) is 0 Å². The van der Waals surface area contributed by atoms with E-state index < -0.39 is 40.3 Å². The molecule has 0 aliphatic carbocycles. The van der Waals surface area contributed by atoms with Crippen molar-refractivity contribution in [2.24, 2.45) is 0 Å². The van der Waals surface area contributed by atoms with Crippen molar-refractivity contribution in [1.82, 2.24) is 4.98 Å². The van der Waals surface area contributed by atoms with Crippen LogP contribution >= 0.6 is 0 Å². The van der Waals surface area contributed by atoms with Gasteiger partial charge in [0.1, 0.15) is 0 Å². The Morgan fingerprint density at radius 1 is 1.53 bits per heavy atom. The van der Waals surface area contributed by atoms with Crippen LogP contribution in [0.4, 0.5) is 19.0 Å². The van der Waals surface area contributed by atoms with Gasteiger partial charge in [0.15, 0.2) is 5.75 Å². The summed E-state index contributed by atoms with van der Waals surface area (Å²) in [7, 11) is 0.896. The van der Waals surface area contributed by atoms with Gasteiger partial charge < -0.3 is 24.7 Å². The van der Waals surface area contributed by atoms with Crippen LogP contribution in [-0.2, 0) is 4.74 Å². The Hall–Kier alpha value is -2.59. The van der Waals surface area contributed by atoms with Crippen molar-refractivity contribution in [2.75, 3.05) is 7.11 Å². The number of carbonyl (C=O) groups is 1. The Balaban J connectivity index is 3.40. The number of ether oxygens (including phenoxy) is 2. The summed E-state index contributed by atoms with van der Waals surface area (Å²) in [4.78, 5) is 23.4. The van der Waals surface area contributed by atoms with Gasteiger partial charge in [0.05, 0.1) is 7.11 Å². The second kappa shape index (κ2) is 4.96. The highest BCUT2D eigenvalue weighted by molar-refractivity contribution is 5.88. The molecule has 0 aliphatic rings. The summed E-state index contributed by atoms with van der Waals surface area (Å²) in [6.45, 7) is 0. The van der Waals surface area contributed by atoms with Gasteiger partial charge >= 0.3 is 18.1 Å². The number of aromatic nitrogens is 1. The summed E-state index contributed by atoms with van der Waals surface area (Å²) in [5, 5.41) is 19.7. The zero-order chi connectivity index (χ0) is 14.8. The van der Waals surface area contributed by atoms with Gasteiger partial charge in [0, 0.05) is 6.07 Å². The predicted octanol–water partition coefficient (Wildman–Crippen LogP) is 1.38. The average Bonchev–Trinajstić information content (AvgIpc) is 2.28. The van der Waals surface area contributed by atoms with Crippen LogP contribution in [0.1, 0.15) is 10.5 Å². The third-order valence-corrected chi connectivity index (χ3v) is 1.73. The minimum atomic E-state index is -5.21. The Labute approximate surface area is 102 Å². The fraction of sp³-hybridized carbons (Fsp3) is 0.250. The van der Waals surface area contributed by atoms with E-state index in [2.05, 4.69) is 14.5 Å². The number of rotatable bonds is 3. The fourth-order valence-corrected chi connectivity index (χ4v) is 1.04. The van der Waals surface area contributed by atoms with Crippen molar-refractivity contribution in [3.63, 3.8) is 0 Å². The Morgan fingerprint density at radius 2 is 2.11 bits per heavy atom. The number of methoxy groups -OCH3 is 1. The largest absolute Gasteiger partial charge is 0.573 e. The standard InChI is InChI=1S/C8H5F3N2O6/c1-18-7(15)3-2-4(19-8(9,10)11)5(14)6(12-3)13(16)17/h2,14H,1H3. The summed E-state index contributed by atoms with van der Waals surface area (Å²) in [6.07, 6.45) is -5.21. The summed E-state index contributed by atoms with van der Waals surface area (Å²) < 4.78 is 43.6. The second-order valence-corrected chi connectivity index (χ2v) is 2.97. The molecule has 1 heterocycles. The van der Waals surface area contributed by atoms with Gasteiger partial charge in [-0.25, -0.2) is 4.79 Å². The number of hydrogen-bond donors (Lipinski definition) is 1. The first kappa shape index (κ1) is 14.5. The van der Waals surface area contributed by atoms with Gasteiger partial charge in [-0.2, -0.15) is 0 Å². The summed E-state index contributed by atoms with van der Waals surface area (Å²) in [5.41, 5.74) is -0.814. The topological polar surface area (TPSA) is 112 Å². The lowest BCUT2D eigenvalue weighted by molar-refractivity contribution is -0.390. The van der Waals surface area contributed by atoms with E-state index in [-0.39, 0.29) is 0 Å². The third kappa shape index (κ3) is 3.43. The highest BCUT2D eigenvalue weighted by atomic mass is 19.4. The molecule has 0 radical (unpaired) electrons. The first-order valence-electron chi connectivity index (χ1n) is 4.38. The molecule has 0 saturated heterocycles. The van der Waals surface area contributed by atoms with Gasteiger partial charge in [0.25, 0.3) is 11.4 Å². The zero-order valence-electron chi connectivity index (χ0n) is 9.09. The van der Waals surface area contributed by atoms with Crippen LogP contribution in [0, 0.1) is 10.1 Å². The van der Waals surface area contributed by atoms with Crippen molar-refractivity contribution < 1.29 is 37.5 Å². The molecular weight excluding hydrogens is 277 g/mol. The number of pyridine rings is 1. The van der Waals surface area contributed by atoms with E-state index in [1.54, 1.807) is 0 Å². The van der Waals surface area contributed by atoms with Gasteiger partial charge in [-0.05, 0) is 9.91 Å². The number of nitrogens with zero attached hydrogens (tertiary/aromatic N) is 2. The molecule has 0 bridgehead atoms. The maximum atomic E-state index is 12.0. The van der Waals surface area contributed by atoms with Crippen LogP contribution in [0.25, 0.3) is 0 Å². The maximum Gasteiger partial charge on any atom is 0.573 e. The van der Waals surface area contributed by atoms with Crippen molar-refractivity contribution in [3.05, 3.63) is 21.9 Å². The van der Waals surface area contributed by atoms with Crippen molar-refractivity contribution in [3.8, 4) is 11.5 Å². The highest BCUT2D eigenvalue weighted by Gasteiger charge is 2.36. The molecule has 1 N–H and O–H groups in total. The molecule has 104 valence electrons. The van der Waals surface area contributed by atoms with Crippen LogP contribution < -0.4 is 4.74 Å². The van der Waals surface area contributed by atoms with Crippen LogP contribution in [0.2, 0.25) is 0 Å². The second-order valence-electron chi connectivity index (χ2n) is 2.97. The minimum Gasteiger partial charge on any atom is -0.498 e. The first-order chi connectivity index (χ1) is 8.65. The average molecular weight is 282 g/mol. The smallest absolute Gasteiger partial charge is 0.498 e. The van der Waals surface area contributed by atoms with Crippen molar-refractivity contribution >= 4 is 11.8 Å². The molecule has 11 heteroatoms. The summed E-state index contributed by atoms with van der Waals surface area (Å²) >= 11 is 0. The fourth-order valence-electron chi connectivity index (χ4n) is 1.04. The molecule has 0 fully saturated rings. The SMILES string of the molecule is COC(=O)c1cc(OC(F)(F)F)c(O)c([N+](=O)[O-])n1. The molecule has 8 nitrogen and oxygen atoms in total. The molecule has 1 aromatic heterocycles. The number of nitro groups is 1. The molecule has 0 amide bonds. The molecule has 0 unspecified atom stereocenters. The maximum absolute atomic E-state index is 12.0. The molecule has 0 saturated carbocycles. The number of hydrogen-bond acceptors (Lipinski definition) is 7. The molecule has 1 aromatic rings. The van der Waals surface area contributed by atoms with Crippen LogP contribution in [-0.4, -0.2) is 34.5 Å². The molecule has 0 aromatic carbocycles. The molecule has 19 heavy (non-hydrogen) atoms. The van der Waals surface area contributed by atoms with Crippen LogP contribution in [0.5, 0.6) is 11.5 Å². The highest BCUT2D eigenvalue weighted by Crippen LogP contribution is 2.37. The van der Waals surface area contributed by atoms with E-state index in [9.17, 15) is 33.2 Å². The molecule has 0 aliphatic heterocycles. The van der Waals surface area contributed by atoms with Gasteiger partial charge in [0.2, 0.25) is 0 Å². The van der Waals surface area contributed by atoms with Crippen LogP contribution in [0.15, 0.2) is 6.07 Å². The lowest BCUT2D eigenvalue weighted by Crippen LogP contribution is -2.18. The quantitative estimate of drug-likeness (QED) is 0.506. The monoisotopic (exact) mass is 282 g/mol. The lowest BCUT2D eigenvalue weighted by Gasteiger charge is -2.10. The van der Waals surface area contributed by atoms with Gasteiger partial charge in [-0.1, -0.05) is 0 Å². The predicted molar refractivity (Wildman–Crippen MR) is 50.6 cm³/mol. The lowest BCUT2D eigenvalue weighted by atomic mass is 10.3. The Morgan fingerprint density at radius 3 is 2.53 bits per heavy atom. The number of aromatic hydroxyl groups is 1. The normalized spacial score (nSPS) is 10.9. The van der Waals surface area contributed by atoms with Crippen molar-refractivity contribution in [2.45, 2.75) is 6.36 Å². The van der Waals surface area contributed by atoms with Gasteiger partial charge in [-0.15, -0.1) is 13.2 Å².